The maximum absolute atomic E-state index is 12.6. The zero-order valence-electron chi connectivity index (χ0n) is 16.3. The van der Waals surface area contributed by atoms with E-state index in [4.69, 9.17) is 16.3 Å². The summed E-state index contributed by atoms with van der Waals surface area (Å²) >= 11 is 5.89. The second-order valence-corrected chi connectivity index (χ2v) is 7.10. The quantitative estimate of drug-likeness (QED) is 0.198. The molecule has 1 amide bonds. The number of amides is 1. The van der Waals surface area contributed by atoms with Crippen molar-refractivity contribution in [2.45, 2.75) is 0 Å². The highest BCUT2D eigenvalue weighted by Crippen LogP contribution is 2.27. The summed E-state index contributed by atoms with van der Waals surface area (Å²) in [5.74, 6) is -0.525. The second-order valence-electron chi connectivity index (χ2n) is 6.66. The first-order valence-electron chi connectivity index (χ1n) is 9.50. The van der Waals surface area contributed by atoms with E-state index in [1.54, 1.807) is 54.6 Å². The van der Waals surface area contributed by atoms with E-state index >= 15 is 0 Å². The fourth-order valence-corrected chi connectivity index (χ4v) is 3.18. The number of hydrogen-bond donors (Lipinski definition) is 1. The Labute approximate surface area is 183 Å². The summed E-state index contributed by atoms with van der Waals surface area (Å²) in [6, 6.07) is 26.4. The van der Waals surface area contributed by atoms with Gasteiger partial charge in [-0.3, -0.25) is 4.79 Å². The van der Waals surface area contributed by atoms with Crippen molar-refractivity contribution in [1.29, 1.82) is 0 Å². The topological polar surface area (TPSA) is 67.8 Å². The number of fused-ring (bicyclic) bond motifs is 1. The first-order valence-corrected chi connectivity index (χ1v) is 9.87. The molecule has 0 aliphatic heterocycles. The van der Waals surface area contributed by atoms with Gasteiger partial charge in [-0.05, 0) is 53.2 Å². The Hall–Kier alpha value is -3.96. The van der Waals surface area contributed by atoms with Crippen LogP contribution in [0.3, 0.4) is 0 Å². The molecular weight excluding hydrogens is 412 g/mol. The van der Waals surface area contributed by atoms with Gasteiger partial charge >= 0.3 is 5.97 Å². The lowest BCUT2D eigenvalue weighted by Crippen LogP contribution is -2.17. The summed E-state index contributed by atoms with van der Waals surface area (Å²) in [6.45, 7) is 0. The van der Waals surface area contributed by atoms with E-state index in [2.05, 4.69) is 10.5 Å². The number of esters is 1. The summed E-state index contributed by atoms with van der Waals surface area (Å²) in [7, 11) is 0. The molecule has 0 atom stereocenters. The van der Waals surface area contributed by atoms with E-state index in [9.17, 15) is 9.59 Å². The molecule has 0 aromatic heterocycles. The Morgan fingerprint density at radius 1 is 0.806 bits per heavy atom. The number of benzene rings is 4. The van der Waals surface area contributed by atoms with Gasteiger partial charge in [0.1, 0.15) is 5.75 Å². The minimum Gasteiger partial charge on any atom is -0.422 e. The smallest absolute Gasteiger partial charge is 0.343 e. The summed E-state index contributed by atoms with van der Waals surface area (Å²) < 4.78 is 5.64. The van der Waals surface area contributed by atoms with Crippen LogP contribution in [-0.2, 0) is 0 Å². The number of ether oxygens (including phenoxy) is 1. The predicted octanol–water partition coefficient (Wildman–Crippen LogP) is 5.48. The van der Waals surface area contributed by atoms with E-state index in [1.165, 1.54) is 6.21 Å². The molecule has 0 aliphatic carbocycles. The van der Waals surface area contributed by atoms with Crippen LogP contribution in [0.1, 0.15) is 26.3 Å². The van der Waals surface area contributed by atoms with E-state index < -0.39 is 5.97 Å². The third-order valence-corrected chi connectivity index (χ3v) is 4.86. The van der Waals surface area contributed by atoms with Crippen LogP contribution < -0.4 is 10.2 Å². The molecule has 0 unspecified atom stereocenters. The number of rotatable bonds is 5. The molecule has 4 aromatic rings. The van der Waals surface area contributed by atoms with E-state index in [1.807, 2.05) is 36.4 Å². The lowest BCUT2D eigenvalue weighted by Gasteiger charge is -2.10. The van der Waals surface area contributed by atoms with Crippen LogP contribution in [-0.4, -0.2) is 18.1 Å². The molecule has 0 aliphatic rings. The van der Waals surface area contributed by atoms with Gasteiger partial charge in [0.05, 0.1) is 11.8 Å². The summed E-state index contributed by atoms with van der Waals surface area (Å²) in [5, 5.41) is 6.40. The first-order chi connectivity index (χ1) is 15.1. The highest BCUT2D eigenvalue weighted by atomic mass is 35.5. The van der Waals surface area contributed by atoms with Crippen LogP contribution in [0, 0.1) is 0 Å². The molecular formula is C25H17ClN2O3. The summed E-state index contributed by atoms with van der Waals surface area (Å²) in [4.78, 5) is 24.9. The van der Waals surface area contributed by atoms with Crippen molar-refractivity contribution in [2.75, 3.05) is 0 Å². The Morgan fingerprint density at radius 3 is 2.29 bits per heavy atom. The maximum Gasteiger partial charge on any atom is 0.343 e. The van der Waals surface area contributed by atoms with Crippen LogP contribution in [0.2, 0.25) is 5.02 Å². The average Bonchev–Trinajstić information content (AvgIpc) is 2.81. The SMILES string of the molecule is O=C(N/N=C\c1c(OC(=O)c2ccc(Cl)cc2)ccc2ccccc12)c1ccccc1. The van der Waals surface area contributed by atoms with Gasteiger partial charge < -0.3 is 4.74 Å². The number of nitrogens with zero attached hydrogens (tertiary/aromatic N) is 1. The molecule has 0 spiro atoms. The van der Waals surface area contributed by atoms with Gasteiger partial charge in [0.15, 0.2) is 0 Å². The molecule has 0 saturated carbocycles. The standard InChI is InChI=1S/C25H17ClN2O3/c26-20-13-10-19(11-14-20)25(30)31-23-15-12-17-6-4-5-9-21(17)22(23)16-27-28-24(29)18-7-2-1-3-8-18/h1-16H,(H,28,29)/b27-16-. The molecule has 0 fully saturated rings. The zero-order chi connectivity index (χ0) is 21.6. The molecule has 0 saturated heterocycles. The number of hydrazone groups is 1. The van der Waals surface area contributed by atoms with Gasteiger partial charge in [-0.25, -0.2) is 10.2 Å². The van der Waals surface area contributed by atoms with Gasteiger partial charge in [-0.15, -0.1) is 0 Å². The van der Waals surface area contributed by atoms with Gasteiger partial charge in [0.25, 0.3) is 5.91 Å². The normalized spacial score (nSPS) is 10.9. The number of carbonyl (C=O) groups excluding carboxylic acids is 2. The van der Waals surface area contributed by atoms with Gasteiger partial charge in [-0.1, -0.05) is 60.1 Å². The highest BCUT2D eigenvalue weighted by molar-refractivity contribution is 6.30. The molecule has 6 heteroatoms. The Kier molecular flexibility index (Phi) is 6.05. The molecule has 4 aromatic carbocycles. The van der Waals surface area contributed by atoms with Crippen LogP contribution >= 0.6 is 11.6 Å². The van der Waals surface area contributed by atoms with E-state index in [-0.39, 0.29) is 5.91 Å². The molecule has 4 rings (SSSR count). The maximum atomic E-state index is 12.6. The Balaban J connectivity index is 1.63. The number of hydrogen-bond acceptors (Lipinski definition) is 4. The first kappa shape index (κ1) is 20.3. The molecule has 0 bridgehead atoms. The van der Waals surface area contributed by atoms with Crippen molar-refractivity contribution >= 4 is 40.5 Å². The van der Waals surface area contributed by atoms with E-state index in [0.717, 1.165) is 10.8 Å². The Bertz CT molecular complexity index is 1270. The molecule has 31 heavy (non-hydrogen) atoms. The van der Waals surface area contributed by atoms with Crippen molar-refractivity contribution in [3.63, 3.8) is 0 Å². The summed E-state index contributed by atoms with van der Waals surface area (Å²) in [6.07, 6.45) is 1.48. The van der Waals surface area contributed by atoms with Gasteiger partial charge in [0, 0.05) is 16.1 Å². The number of nitrogens with one attached hydrogen (secondary N) is 1. The fourth-order valence-electron chi connectivity index (χ4n) is 3.05. The third kappa shape index (κ3) is 4.79. The van der Waals surface area contributed by atoms with Crippen LogP contribution in [0.5, 0.6) is 5.75 Å². The zero-order valence-corrected chi connectivity index (χ0v) is 17.0. The molecule has 5 nitrogen and oxygen atoms in total. The van der Waals surface area contributed by atoms with Crippen molar-refractivity contribution in [1.82, 2.24) is 5.43 Å². The second kappa shape index (κ2) is 9.24. The van der Waals surface area contributed by atoms with Crippen LogP contribution in [0.25, 0.3) is 10.8 Å². The van der Waals surface area contributed by atoms with Crippen molar-refractivity contribution < 1.29 is 14.3 Å². The minimum atomic E-state index is -0.519. The molecule has 0 radical (unpaired) electrons. The monoisotopic (exact) mass is 428 g/mol. The fraction of sp³-hybridized carbons (Fsp3) is 0. The number of carbonyl (C=O) groups is 2. The van der Waals surface area contributed by atoms with E-state index in [0.29, 0.717) is 27.5 Å². The number of halogens is 1. The third-order valence-electron chi connectivity index (χ3n) is 4.61. The summed E-state index contributed by atoms with van der Waals surface area (Å²) in [5.41, 5.74) is 3.95. The van der Waals surface area contributed by atoms with Crippen LogP contribution in [0.15, 0.2) is 96.1 Å². The lowest BCUT2D eigenvalue weighted by atomic mass is 10.0. The molecule has 152 valence electrons. The highest BCUT2D eigenvalue weighted by Gasteiger charge is 2.13. The van der Waals surface area contributed by atoms with Crippen molar-refractivity contribution in [3.8, 4) is 5.75 Å². The molecule has 0 heterocycles. The minimum absolute atomic E-state index is 0.330. The van der Waals surface area contributed by atoms with Gasteiger partial charge in [-0.2, -0.15) is 5.10 Å². The largest absolute Gasteiger partial charge is 0.422 e. The average molecular weight is 429 g/mol. The van der Waals surface area contributed by atoms with Crippen molar-refractivity contribution in [3.05, 3.63) is 113 Å². The van der Waals surface area contributed by atoms with Crippen molar-refractivity contribution in [2.24, 2.45) is 5.10 Å². The molecule has 1 N–H and O–H groups in total. The Morgan fingerprint density at radius 2 is 1.52 bits per heavy atom. The lowest BCUT2D eigenvalue weighted by molar-refractivity contribution is 0.0734. The predicted molar refractivity (Wildman–Crippen MR) is 122 cm³/mol. The van der Waals surface area contributed by atoms with Crippen LogP contribution in [0.4, 0.5) is 0 Å². The van der Waals surface area contributed by atoms with Gasteiger partial charge in [0.2, 0.25) is 0 Å².